The van der Waals surface area contributed by atoms with E-state index < -0.39 is 66.0 Å². The molecule has 0 radical (unpaired) electrons. The molecule has 252 valence electrons. The number of hydrogen-bond acceptors (Lipinski definition) is 6. The summed E-state index contributed by atoms with van der Waals surface area (Å²) >= 11 is 0. The van der Waals surface area contributed by atoms with Crippen LogP contribution < -0.4 is 5.32 Å². The number of aliphatic carboxylic acids is 3. The summed E-state index contributed by atoms with van der Waals surface area (Å²) in [6.45, 7) is 2.13. The fourth-order valence-corrected chi connectivity index (χ4v) is 4.76. The second kappa shape index (κ2) is 19.6. The van der Waals surface area contributed by atoms with E-state index in [1.807, 2.05) is 0 Å². The van der Waals surface area contributed by atoms with Gasteiger partial charge in [-0.15, -0.1) is 0 Å². The van der Waals surface area contributed by atoms with Gasteiger partial charge in [-0.2, -0.15) is 13.2 Å². The predicted octanol–water partition coefficient (Wildman–Crippen LogP) is 5.55. The lowest BCUT2D eigenvalue weighted by Gasteiger charge is -2.29. The van der Waals surface area contributed by atoms with Gasteiger partial charge in [-0.25, -0.2) is 9.59 Å². The van der Waals surface area contributed by atoms with Crippen molar-refractivity contribution in [2.24, 2.45) is 5.92 Å². The van der Waals surface area contributed by atoms with Crippen LogP contribution in [0.1, 0.15) is 102 Å². The molecular formula is C32H44F3NO9. The third-order valence-corrected chi connectivity index (χ3v) is 7.39. The minimum atomic E-state index is -4.61. The molecule has 45 heavy (non-hydrogen) atoms. The Morgan fingerprint density at radius 3 is 1.89 bits per heavy atom. The summed E-state index contributed by atoms with van der Waals surface area (Å²) in [4.78, 5) is 60.3. The molecule has 0 aliphatic heterocycles. The fraction of sp³-hybridized carbons (Fsp3) is 0.594. The number of carboxylic acid groups (broad SMARTS) is 3. The Morgan fingerprint density at radius 2 is 1.40 bits per heavy atom. The number of amides is 1. The summed E-state index contributed by atoms with van der Waals surface area (Å²) in [6, 6.07) is 1.82. The summed E-state index contributed by atoms with van der Waals surface area (Å²) in [7, 11) is 0. The highest BCUT2D eigenvalue weighted by Crippen LogP contribution is 2.29. The van der Waals surface area contributed by atoms with Gasteiger partial charge < -0.3 is 25.7 Å². The number of ketones is 1. The number of rotatable bonds is 23. The lowest BCUT2D eigenvalue weighted by Crippen LogP contribution is -2.55. The molecule has 0 unspecified atom stereocenters. The van der Waals surface area contributed by atoms with Crippen molar-refractivity contribution >= 4 is 29.6 Å². The molecule has 0 bridgehead atoms. The Labute approximate surface area is 260 Å². The molecule has 0 saturated heterocycles. The number of unbranched alkanes of at least 4 members (excludes halogenated alkanes) is 8. The molecule has 0 spiro atoms. The molecule has 0 aliphatic carbocycles. The van der Waals surface area contributed by atoms with Gasteiger partial charge >= 0.3 is 24.1 Å². The number of aliphatic hydroxyl groups is 1. The number of hydrogen-bond donors (Lipinski definition) is 5. The van der Waals surface area contributed by atoms with Gasteiger partial charge in [0, 0.05) is 19.3 Å². The monoisotopic (exact) mass is 643 g/mol. The zero-order valence-electron chi connectivity index (χ0n) is 25.5. The number of Topliss-reactive ketones (excluding diaryl/α,β-unsaturated/α-hetero) is 1. The van der Waals surface area contributed by atoms with Crippen LogP contribution in [0.3, 0.4) is 0 Å². The van der Waals surface area contributed by atoms with Crippen LogP contribution in [0.25, 0.3) is 0 Å². The SMILES string of the molecule is CCCCCCCC(=O)CCCCCC/C=C/[C@H](C(=O)N[C@@H](Cc1ccc(C(F)(F)F)cc1)C(=O)O)[C@@](O)(CC(=O)O)C(=O)O. The van der Waals surface area contributed by atoms with E-state index in [-0.39, 0.29) is 11.3 Å². The summed E-state index contributed by atoms with van der Waals surface area (Å²) in [5, 5.41) is 41.4. The summed E-state index contributed by atoms with van der Waals surface area (Å²) in [5.41, 5.74) is -3.97. The molecule has 0 aliphatic rings. The summed E-state index contributed by atoms with van der Waals surface area (Å²) in [6.07, 6.45) is 5.52. The molecule has 1 aromatic rings. The van der Waals surface area contributed by atoms with Gasteiger partial charge in [-0.3, -0.25) is 14.4 Å². The second-order valence-corrected chi connectivity index (χ2v) is 11.2. The van der Waals surface area contributed by atoms with Gasteiger partial charge in [0.15, 0.2) is 5.60 Å². The Hall–Kier alpha value is -3.74. The summed E-state index contributed by atoms with van der Waals surface area (Å²) in [5.74, 6) is -8.39. The van der Waals surface area contributed by atoms with E-state index in [0.717, 1.165) is 81.7 Å². The number of nitrogens with one attached hydrogen (secondary N) is 1. The van der Waals surface area contributed by atoms with E-state index >= 15 is 0 Å². The molecule has 0 fully saturated rings. The quantitative estimate of drug-likeness (QED) is 0.0755. The van der Waals surface area contributed by atoms with Crippen molar-refractivity contribution in [3.63, 3.8) is 0 Å². The molecular weight excluding hydrogens is 599 g/mol. The van der Waals surface area contributed by atoms with Crippen LogP contribution in [0.15, 0.2) is 36.4 Å². The maximum Gasteiger partial charge on any atom is 0.416 e. The van der Waals surface area contributed by atoms with Gasteiger partial charge in [0.1, 0.15) is 11.8 Å². The number of alkyl halides is 3. The van der Waals surface area contributed by atoms with Crippen molar-refractivity contribution in [1.82, 2.24) is 5.32 Å². The first-order chi connectivity index (χ1) is 21.1. The van der Waals surface area contributed by atoms with Crippen LogP contribution in [0, 0.1) is 5.92 Å². The number of carbonyl (C=O) groups is 5. The molecule has 0 saturated carbocycles. The molecule has 13 heteroatoms. The van der Waals surface area contributed by atoms with Crippen molar-refractivity contribution in [1.29, 1.82) is 0 Å². The van der Waals surface area contributed by atoms with E-state index in [9.17, 15) is 57.6 Å². The largest absolute Gasteiger partial charge is 0.481 e. The molecule has 1 amide bonds. The third-order valence-electron chi connectivity index (χ3n) is 7.39. The topological polar surface area (TPSA) is 178 Å². The van der Waals surface area contributed by atoms with E-state index in [2.05, 4.69) is 12.2 Å². The Bertz CT molecular complexity index is 1150. The maximum absolute atomic E-state index is 13.1. The first-order valence-electron chi connectivity index (χ1n) is 15.2. The number of halogens is 3. The zero-order valence-corrected chi connectivity index (χ0v) is 25.5. The predicted molar refractivity (Wildman–Crippen MR) is 158 cm³/mol. The average Bonchev–Trinajstić information content (AvgIpc) is 2.95. The van der Waals surface area contributed by atoms with Crippen molar-refractivity contribution in [3.05, 3.63) is 47.5 Å². The summed E-state index contributed by atoms with van der Waals surface area (Å²) < 4.78 is 38.6. The Morgan fingerprint density at radius 1 is 0.844 bits per heavy atom. The van der Waals surface area contributed by atoms with Crippen LogP contribution >= 0.6 is 0 Å². The molecule has 1 rings (SSSR count). The van der Waals surface area contributed by atoms with Gasteiger partial charge in [0.25, 0.3) is 0 Å². The third kappa shape index (κ3) is 14.7. The number of carboxylic acids is 3. The van der Waals surface area contributed by atoms with E-state index in [4.69, 9.17) is 0 Å². The van der Waals surface area contributed by atoms with Crippen LogP contribution in [-0.4, -0.2) is 61.7 Å². The average molecular weight is 644 g/mol. The standard InChI is InChI=1S/C32H44F3NO9/c1-2-3-4-7-10-13-24(37)14-11-8-5-6-9-12-15-25(31(45,30(43)44)21-27(38)39)28(40)36-26(29(41)42)20-22-16-18-23(19-17-22)32(33,34)35/h12,15-19,25-26,45H,2-11,13-14,20-21H2,1H3,(H,36,40)(H,38,39)(H,41,42)(H,43,44)/b15-12+/t25-,26+,31+/m1/s1. The van der Waals surface area contributed by atoms with E-state index in [1.165, 1.54) is 6.08 Å². The lowest BCUT2D eigenvalue weighted by atomic mass is 9.82. The first kappa shape index (κ1) is 39.3. The van der Waals surface area contributed by atoms with Gasteiger partial charge in [-0.1, -0.05) is 69.7 Å². The van der Waals surface area contributed by atoms with Crippen molar-refractivity contribution in [2.45, 2.75) is 115 Å². The molecule has 0 heterocycles. The fourth-order valence-electron chi connectivity index (χ4n) is 4.76. The minimum absolute atomic E-state index is 0.121. The number of benzene rings is 1. The van der Waals surface area contributed by atoms with Crippen LogP contribution in [0.5, 0.6) is 0 Å². The van der Waals surface area contributed by atoms with Crippen LogP contribution in [0.4, 0.5) is 13.2 Å². The van der Waals surface area contributed by atoms with Crippen molar-refractivity contribution in [2.75, 3.05) is 0 Å². The van der Waals surface area contributed by atoms with Gasteiger partial charge in [0.2, 0.25) is 5.91 Å². The Balaban J connectivity index is 2.85. The van der Waals surface area contributed by atoms with Crippen LogP contribution in [-0.2, 0) is 36.6 Å². The highest BCUT2D eigenvalue weighted by Gasteiger charge is 2.49. The molecule has 10 nitrogen and oxygen atoms in total. The maximum atomic E-state index is 13.1. The van der Waals surface area contributed by atoms with Crippen LogP contribution in [0.2, 0.25) is 0 Å². The zero-order chi connectivity index (χ0) is 34.0. The minimum Gasteiger partial charge on any atom is -0.481 e. The molecule has 5 N–H and O–H groups in total. The first-order valence-corrected chi connectivity index (χ1v) is 15.2. The second-order valence-electron chi connectivity index (χ2n) is 11.2. The normalized spacial score (nSPS) is 14.4. The highest BCUT2D eigenvalue weighted by molar-refractivity contribution is 5.94. The van der Waals surface area contributed by atoms with E-state index in [0.29, 0.717) is 25.7 Å². The highest BCUT2D eigenvalue weighted by atomic mass is 19.4. The van der Waals surface area contributed by atoms with Crippen molar-refractivity contribution in [3.8, 4) is 0 Å². The van der Waals surface area contributed by atoms with Crippen molar-refractivity contribution < 1.29 is 57.6 Å². The Kier molecular flexibility index (Phi) is 17.1. The molecule has 3 atom stereocenters. The van der Waals surface area contributed by atoms with Gasteiger partial charge in [0.05, 0.1) is 17.9 Å². The number of carbonyl (C=O) groups excluding carboxylic acids is 2. The lowest BCUT2D eigenvalue weighted by molar-refractivity contribution is -0.172. The van der Waals surface area contributed by atoms with Gasteiger partial charge in [-0.05, 0) is 43.4 Å². The molecule has 0 aromatic heterocycles. The van der Waals surface area contributed by atoms with E-state index in [1.54, 1.807) is 0 Å². The number of allylic oxidation sites excluding steroid dienone is 1. The smallest absolute Gasteiger partial charge is 0.416 e. The molecule has 1 aromatic carbocycles.